The molecular weight excluding hydrogens is 136 g/mol. The lowest BCUT2D eigenvalue weighted by atomic mass is 10.1. The van der Waals surface area contributed by atoms with E-state index < -0.39 is 0 Å². The molecule has 2 heteroatoms. The first-order valence-corrected chi connectivity index (χ1v) is 3.61. The van der Waals surface area contributed by atoms with Crippen molar-refractivity contribution in [1.82, 2.24) is 0 Å². The minimum Gasteiger partial charge on any atom is -0.291 e. The fraction of sp³-hybridized carbons (Fsp3) is 0.222. The van der Waals surface area contributed by atoms with E-state index in [9.17, 15) is 0 Å². The van der Waals surface area contributed by atoms with Gasteiger partial charge in [0, 0.05) is 0 Å². The first kappa shape index (κ1) is 7.79. The summed E-state index contributed by atoms with van der Waals surface area (Å²) in [6.07, 6.45) is 0.668. The monoisotopic (exact) mass is 149 g/mol. The number of amidine groups is 1. The van der Waals surface area contributed by atoms with Crippen molar-refractivity contribution in [1.29, 1.82) is 0 Å². The molecule has 0 spiro atoms. The normalized spacial score (nSPS) is 9.55. The molecule has 0 unspecified atom stereocenters. The smallest absolute Gasteiger partial charge is 0.242 e. The number of nitrogens with two attached hydrogens (primary N) is 2. The number of aryl methyl sites for hydroxylation is 1. The molecule has 4 N–H and O–H groups in total. The Morgan fingerprint density at radius 2 is 2.27 bits per heavy atom. The van der Waals surface area contributed by atoms with E-state index in [4.69, 9.17) is 11.1 Å². The number of rotatable bonds is 2. The SMILES string of the molecule is Cc1cccc(CC(N)=[NH2+])c1. The number of hydrogen-bond acceptors (Lipinski definition) is 0. The summed E-state index contributed by atoms with van der Waals surface area (Å²) >= 11 is 0. The molecule has 0 aromatic heterocycles. The maximum Gasteiger partial charge on any atom is 0.242 e. The van der Waals surface area contributed by atoms with Crippen LogP contribution in [0, 0.1) is 6.92 Å². The number of benzene rings is 1. The predicted molar refractivity (Wildman–Crippen MR) is 46.0 cm³/mol. The van der Waals surface area contributed by atoms with Crippen LogP contribution in [0.25, 0.3) is 0 Å². The van der Waals surface area contributed by atoms with Crippen LogP contribution < -0.4 is 11.1 Å². The quantitative estimate of drug-likeness (QED) is 0.438. The third kappa shape index (κ3) is 2.42. The Balaban J connectivity index is 2.79. The summed E-state index contributed by atoms with van der Waals surface area (Å²) in [6, 6.07) is 8.16. The summed E-state index contributed by atoms with van der Waals surface area (Å²) in [5.41, 5.74) is 7.78. The van der Waals surface area contributed by atoms with Gasteiger partial charge in [-0.3, -0.25) is 11.1 Å². The van der Waals surface area contributed by atoms with Gasteiger partial charge >= 0.3 is 0 Å². The minimum atomic E-state index is 0.468. The van der Waals surface area contributed by atoms with E-state index in [1.807, 2.05) is 12.1 Å². The van der Waals surface area contributed by atoms with Crippen molar-refractivity contribution in [2.75, 3.05) is 0 Å². The highest BCUT2D eigenvalue weighted by molar-refractivity contribution is 5.76. The van der Waals surface area contributed by atoms with E-state index in [1.54, 1.807) is 0 Å². The summed E-state index contributed by atoms with van der Waals surface area (Å²) in [6.45, 7) is 2.05. The zero-order valence-corrected chi connectivity index (χ0v) is 6.67. The van der Waals surface area contributed by atoms with E-state index >= 15 is 0 Å². The standard InChI is InChI=1S/C9H12N2/c1-7-3-2-4-8(5-7)6-9(10)11/h2-5H,6H2,1H3,(H3,10,11)/p+1. The summed E-state index contributed by atoms with van der Waals surface area (Å²) in [5.74, 6) is 0.468. The van der Waals surface area contributed by atoms with E-state index in [0.29, 0.717) is 12.3 Å². The second-order valence-electron chi connectivity index (χ2n) is 2.74. The van der Waals surface area contributed by atoms with Gasteiger partial charge in [0.2, 0.25) is 5.84 Å². The molecule has 0 saturated heterocycles. The second kappa shape index (κ2) is 3.19. The molecule has 0 aliphatic carbocycles. The largest absolute Gasteiger partial charge is 0.291 e. The van der Waals surface area contributed by atoms with Crippen LogP contribution in [0.3, 0.4) is 0 Å². The molecule has 0 amide bonds. The highest BCUT2D eigenvalue weighted by atomic mass is 14.7. The molecule has 0 saturated carbocycles. The van der Waals surface area contributed by atoms with Gasteiger partial charge in [0.25, 0.3) is 0 Å². The summed E-state index contributed by atoms with van der Waals surface area (Å²) in [4.78, 5) is 0. The van der Waals surface area contributed by atoms with Crippen molar-refractivity contribution in [2.24, 2.45) is 5.73 Å². The Bertz CT molecular complexity index is 266. The van der Waals surface area contributed by atoms with Crippen LogP contribution in [0.5, 0.6) is 0 Å². The van der Waals surface area contributed by atoms with Crippen molar-refractivity contribution in [2.45, 2.75) is 13.3 Å². The maximum absolute atomic E-state index is 5.37. The van der Waals surface area contributed by atoms with Crippen LogP contribution in [0.15, 0.2) is 24.3 Å². The van der Waals surface area contributed by atoms with Gasteiger partial charge in [-0.15, -0.1) is 0 Å². The predicted octanol–water partition coefficient (Wildman–Crippen LogP) is -0.346. The molecule has 1 rings (SSSR count). The van der Waals surface area contributed by atoms with Crippen molar-refractivity contribution in [3.63, 3.8) is 0 Å². The highest BCUT2D eigenvalue weighted by Crippen LogP contribution is 2.03. The molecule has 58 valence electrons. The molecule has 0 aliphatic rings. The molecule has 0 fully saturated rings. The molecule has 0 heterocycles. The maximum atomic E-state index is 5.37. The topological polar surface area (TPSA) is 51.6 Å². The van der Waals surface area contributed by atoms with Crippen molar-refractivity contribution < 1.29 is 5.41 Å². The van der Waals surface area contributed by atoms with E-state index in [0.717, 1.165) is 0 Å². The first-order valence-electron chi connectivity index (χ1n) is 3.61. The Kier molecular flexibility index (Phi) is 2.26. The number of hydrogen-bond donors (Lipinski definition) is 2. The molecule has 0 atom stereocenters. The van der Waals surface area contributed by atoms with E-state index in [1.165, 1.54) is 11.1 Å². The van der Waals surface area contributed by atoms with Gasteiger partial charge in [0.05, 0.1) is 6.42 Å². The van der Waals surface area contributed by atoms with Crippen molar-refractivity contribution >= 4 is 5.84 Å². The van der Waals surface area contributed by atoms with Crippen molar-refractivity contribution in [3.05, 3.63) is 35.4 Å². The fourth-order valence-electron chi connectivity index (χ4n) is 1.06. The molecule has 0 aliphatic heterocycles. The molecule has 0 radical (unpaired) electrons. The van der Waals surface area contributed by atoms with Crippen LogP contribution in [-0.2, 0) is 6.42 Å². The second-order valence-corrected chi connectivity index (χ2v) is 2.74. The molecular formula is C9H13N2+. The lowest BCUT2D eigenvalue weighted by Gasteiger charge is -1.96. The molecule has 1 aromatic carbocycles. The molecule has 11 heavy (non-hydrogen) atoms. The fourth-order valence-corrected chi connectivity index (χ4v) is 1.06. The highest BCUT2D eigenvalue weighted by Gasteiger charge is 1.97. The average molecular weight is 149 g/mol. The Morgan fingerprint density at radius 1 is 1.55 bits per heavy atom. The Hall–Kier alpha value is -1.31. The zero-order valence-electron chi connectivity index (χ0n) is 6.67. The summed E-state index contributed by atoms with van der Waals surface area (Å²) in [7, 11) is 0. The molecule has 2 nitrogen and oxygen atoms in total. The van der Waals surface area contributed by atoms with Crippen LogP contribution in [0.2, 0.25) is 0 Å². The van der Waals surface area contributed by atoms with Gasteiger partial charge in [0.1, 0.15) is 0 Å². The summed E-state index contributed by atoms with van der Waals surface area (Å²) < 4.78 is 0. The Labute approximate surface area is 66.6 Å². The average Bonchev–Trinajstić information content (AvgIpc) is 1.85. The third-order valence-electron chi connectivity index (χ3n) is 1.49. The van der Waals surface area contributed by atoms with Crippen molar-refractivity contribution in [3.8, 4) is 0 Å². The molecule has 1 aromatic rings. The van der Waals surface area contributed by atoms with Crippen LogP contribution in [0.1, 0.15) is 11.1 Å². The van der Waals surface area contributed by atoms with Gasteiger partial charge < -0.3 is 0 Å². The first-order chi connectivity index (χ1) is 5.18. The van der Waals surface area contributed by atoms with Gasteiger partial charge in [-0.1, -0.05) is 29.8 Å². The van der Waals surface area contributed by atoms with Gasteiger partial charge in [-0.05, 0) is 12.5 Å². The van der Waals surface area contributed by atoms with Crippen LogP contribution >= 0.6 is 0 Å². The Morgan fingerprint density at radius 3 is 2.82 bits per heavy atom. The van der Waals surface area contributed by atoms with Gasteiger partial charge in [-0.2, -0.15) is 0 Å². The lowest BCUT2D eigenvalue weighted by Crippen LogP contribution is -2.46. The van der Waals surface area contributed by atoms with E-state index in [2.05, 4.69) is 19.1 Å². The van der Waals surface area contributed by atoms with Gasteiger partial charge in [0.15, 0.2) is 0 Å². The summed E-state index contributed by atoms with van der Waals surface area (Å²) in [5, 5.41) is 5.37. The molecule has 0 bridgehead atoms. The zero-order chi connectivity index (χ0) is 8.27. The van der Waals surface area contributed by atoms with Crippen LogP contribution in [0.4, 0.5) is 0 Å². The third-order valence-corrected chi connectivity index (χ3v) is 1.49. The van der Waals surface area contributed by atoms with E-state index in [-0.39, 0.29) is 0 Å². The van der Waals surface area contributed by atoms with Crippen LogP contribution in [-0.4, -0.2) is 5.84 Å². The van der Waals surface area contributed by atoms with Gasteiger partial charge in [-0.25, -0.2) is 0 Å². The minimum absolute atomic E-state index is 0.468. The lowest BCUT2D eigenvalue weighted by molar-refractivity contribution is -0.117.